The van der Waals surface area contributed by atoms with Crippen LogP contribution in [-0.4, -0.2) is 60.5 Å². The number of hydrogen-bond acceptors (Lipinski definition) is 4. The maximum Gasteiger partial charge on any atom is 0.320 e. The first-order chi connectivity index (χ1) is 8.62. The number of carbonyl (C=O) groups excluding carboxylic acids is 2. The first kappa shape index (κ1) is 15.0. The van der Waals surface area contributed by atoms with Gasteiger partial charge in [0.25, 0.3) is 0 Å². The molecule has 0 heterocycles. The fourth-order valence-corrected chi connectivity index (χ4v) is 1.98. The molecule has 0 spiro atoms. The summed E-state index contributed by atoms with van der Waals surface area (Å²) in [5.74, 6) is -0.145. The normalized spacial score (nSPS) is 14.7. The van der Waals surface area contributed by atoms with Crippen LogP contribution in [-0.2, 0) is 14.3 Å². The Balaban J connectivity index is 2.47. The highest BCUT2D eigenvalue weighted by Gasteiger charge is 2.32. The fraction of sp³-hybridized carbons (Fsp3) is 0.846. The van der Waals surface area contributed by atoms with Gasteiger partial charge in [0.05, 0.1) is 19.7 Å². The minimum Gasteiger partial charge on any atom is -0.465 e. The van der Waals surface area contributed by atoms with E-state index in [1.165, 1.54) is 0 Å². The molecule has 1 rings (SSSR count). The minimum atomic E-state index is -0.239. The molecule has 0 saturated heterocycles. The molecule has 1 saturated carbocycles. The molecule has 0 aliphatic heterocycles. The van der Waals surface area contributed by atoms with Crippen molar-refractivity contribution >= 4 is 11.9 Å². The Labute approximate surface area is 109 Å². The molecule has 0 bridgehead atoms. The van der Waals surface area contributed by atoms with E-state index in [-0.39, 0.29) is 18.4 Å². The Kier molecular flexibility index (Phi) is 6.12. The molecule has 0 aromatic carbocycles. The first-order valence-corrected chi connectivity index (χ1v) is 6.79. The van der Waals surface area contributed by atoms with Crippen molar-refractivity contribution in [3.63, 3.8) is 0 Å². The zero-order valence-electron chi connectivity index (χ0n) is 11.6. The van der Waals surface area contributed by atoms with Gasteiger partial charge in [0.1, 0.15) is 0 Å². The summed E-state index contributed by atoms with van der Waals surface area (Å²) in [6.07, 6.45) is 2.15. The Morgan fingerprint density at radius 2 is 1.72 bits per heavy atom. The SMILES string of the molecule is CCOC(=O)CN(CC(=O)N(CC)CC)C1CC1. The molecule has 18 heavy (non-hydrogen) atoms. The van der Waals surface area contributed by atoms with Crippen molar-refractivity contribution in [2.24, 2.45) is 0 Å². The van der Waals surface area contributed by atoms with Gasteiger partial charge in [-0.15, -0.1) is 0 Å². The van der Waals surface area contributed by atoms with Gasteiger partial charge in [-0.3, -0.25) is 14.5 Å². The molecule has 0 radical (unpaired) electrons. The van der Waals surface area contributed by atoms with Crippen LogP contribution in [0.4, 0.5) is 0 Å². The molecule has 1 aliphatic rings. The standard InChI is InChI=1S/C13H24N2O3/c1-4-14(5-2)12(16)9-15(11-7-8-11)10-13(17)18-6-3/h11H,4-10H2,1-3H3. The number of esters is 1. The quantitative estimate of drug-likeness (QED) is 0.605. The number of rotatable bonds is 8. The Hall–Kier alpha value is -1.10. The number of likely N-dealkylation sites (N-methyl/N-ethyl adjacent to an activating group) is 1. The number of hydrogen-bond donors (Lipinski definition) is 0. The zero-order valence-corrected chi connectivity index (χ0v) is 11.6. The van der Waals surface area contributed by atoms with Crippen LogP contribution in [0.3, 0.4) is 0 Å². The molecule has 5 heteroatoms. The molecule has 104 valence electrons. The highest BCUT2D eigenvalue weighted by Crippen LogP contribution is 2.26. The van der Waals surface area contributed by atoms with Crippen molar-refractivity contribution in [1.82, 2.24) is 9.80 Å². The Bertz CT molecular complexity index is 286. The molecule has 1 fully saturated rings. The maximum absolute atomic E-state index is 12.0. The van der Waals surface area contributed by atoms with Crippen molar-refractivity contribution in [3.8, 4) is 0 Å². The minimum absolute atomic E-state index is 0.0937. The molecular formula is C13H24N2O3. The summed E-state index contributed by atoms with van der Waals surface area (Å²) in [5.41, 5.74) is 0. The molecule has 5 nitrogen and oxygen atoms in total. The summed E-state index contributed by atoms with van der Waals surface area (Å²) < 4.78 is 4.94. The van der Waals surface area contributed by atoms with E-state index >= 15 is 0 Å². The van der Waals surface area contributed by atoms with Crippen LogP contribution in [0, 0.1) is 0 Å². The van der Waals surface area contributed by atoms with E-state index in [1.807, 2.05) is 18.7 Å². The third-order valence-electron chi connectivity index (χ3n) is 3.16. The van der Waals surface area contributed by atoms with E-state index in [0.717, 1.165) is 12.8 Å². The first-order valence-electron chi connectivity index (χ1n) is 6.79. The van der Waals surface area contributed by atoms with E-state index < -0.39 is 0 Å². The second-order valence-corrected chi connectivity index (χ2v) is 4.51. The third-order valence-corrected chi connectivity index (χ3v) is 3.16. The molecule has 1 amide bonds. The van der Waals surface area contributed by atoms with E-state index in [0.29, 0.717) is 32.3 Å². The van der Waals surface area contributed by atoms with E-state index in [9.17, 15) is 9.59 Å². The van der Waals surface area contributed by atoms with Crippen molar-refractivity contribution in [1.29, 1.82) is 0 Å². The second-order valence-electron chi connectivity index (χ2n) is 4.51. The van der Waals surface area contributed by atoms with Crippen LogP contribution in [0.1, 0.15) is 33.6 Å². The van der Waals surface area contributed by atoms with Gasteiger partial charge < -0.3 is 9.64 Å². The summed E-state index contributed by atoms with van der Waals surface area (Å²) in [6.45, 7) is 8.10. The maximum atomic E-state index is 12.0. The number of nitrogens with zero attached hydrogens (tertiary/aromatic N) is 2. The summed E-state index contributed by atoms with van der Waals surface area (Å²) in [7, 11) is 0. The summed E-state index contributed by atoms with van der Waals surface area (Å²) in [4.78, 5) is 27.2. The van der Waals surface area contributed by atoms with Crippen molar-refractivity contribution in [2.75, 3.05) is 32.8 Å². The lowest BCUT2D eigenvalue weighted by Gasteiger charge is -2.25. The smallest absolute Gasteiger partial charge is 0.320 e. The van der Waals surface area contributed by atoms with Crippen LogP contribution in [0.5, 0.6) is 0 Å². The summed E-state index contributed by atoms with van der Waals surface area (Å²) >= 11 is 0. The lowest BCUT2D eigenvalue weighted by Crippen LogP contribution is -2.43. The fourth-order valence-electron chi connectivity index (χ4n) is 1.98. The number of ether oxygens (including phenoxy) is 1. The predicted molar refractivity (Wildman–Crippen MR) is 69.2 cm³/mol. The van der Waals surface area contributed by atoms with Crippen LogP contribution < -0.4 is 0 Å². The van der Waals surface area contributed by atoms with E-state index in [4.69, 9.17) is 4.74 Å². The summed E-state index contributed by atoms with van der Waals surface area (Å²) in [6, 6.07) is 0.383. The van der Waals surface area contributed by atoms with Crippen LogP contribution in [0.25, 0.3) is 0 Å². The monoisotopic (exact) mass is 256 g/mol. The van der Waals surface area contributed by atoms with Crippen molar-refractivity contribution in [3.05, 3.63) is 0 Å². The Morgan fingerprint density at radius 1 is 1.11 bits per heavy atom. The van der Waals surface area contributed by atoms with Crippen LogP contribution in [0.15, 0.2) is 0 Å². The summed E-state index contributed by atoms with van der Waals surface area (Å²) in [5, 5.41) is 0. The Morgan fingerprint density at radius 3 is 2.17 bits per heavy atom. The molecule has 0 aromatic heterocycles. The highest BCUT2D eigenvalue weighted by molar-refractivity contribution is 5.79. The number of carbonyl (C=O) groups is 2. The van der Waals surface area contributed by atoms with Gasteiger partial charge in [-0.2, -0.15) is 0 Å². The highest BCUT2D eigenvalue weighted by atomic mass is 16.5. The third kappa shape index (κ3) is 4.64. The van der Waals surface area contributed by atoms with Crippen molar-refractivity contribution in [2.45, 2.75) is 39.7 Å². The molecule has 0 unspecified atom stereocenters. The lowest BCUT2D eigenvalue weighted by atomic mass is 10.3. The van der Waals surface area contributed by atoms with Crippen LogP contribution in [0.2, 0.25) is 0 Å². The average Bonchev–Trinajstić information content (AvgIpc) is 3.14. The predicted octanol–water partition coefficient (Wildman–Crippen LogP) is 0.882. The molecule has 0 N–H and O–H groups in total. The largest absolute Gasteiger partial charge is 0.465 e. The van der Waals surface area contributed by atoms with Gasteiger partial charge in [-0.05, 0) is 33.6 Å². The molecule has 0 aromatic rings. The average molecular weight is 256 g/mol. The van der Waals surface area contributed by atoms with Crippen LogP contribution >= 0.6 is 0 Å². The second kappa shape index (κ2) is 7.36. The van der Waals surface area contributed by atoms with E-state index in [1.54, 1.807) is 11.8 Å². The lowest BCUT2D eigenvalue weighted by molar-refractivity contribution is -0.145. The van der Waals surface area contributed by atoms with Gasteiger partial charge in [-0.25, -0.2) is 0 Å². The molecule has 1 aliphatic carbocycles. The topological polar surface area (TPSA) is 49.9 Å². The van der Waals surface area contributed by atoms with E-state index in [2.05, 4.69) is 0 Å². The number of amides is 1. The molecule has 0 atom stereocenters. The zero-order chi connectivity index (χ0) is 13.5. The van der Waals surface area contributed by atoms with Crippen molar-refractivity contribution < 1.29 is 14.3 Å². The van der Waals surface area contributed by atoms with Gasteiger partial charge >= 0.3 is 5.97 Å². The van der Waals surface area contributed by atoms with Gasteiger partial charge in [-0.1, -0.05) is 0 Å². The van der Waals surface area contributed by atoms with Gasteiger partial charge in [0.2, 0.25) is 5.91 Å². The van der Waals surface area contributed by atoms with Gasteiger partial charge in [0.15, 0.2) is 0 Å². The molecular weight excluding hydrogens is 232 g/mol. The van der Waals surface area contributed by atoms with Gasteiger partial charge in [0, 0.05) is 19.1 Å².